The van der Waals surface area contributed by atoms with E-state index in [1.807, 2.05) is 4.90 Å². The SMILES string of the molecule is C=CC(=O)N1CCN(c2nc(OC[C@@H]3CCCN3C)nc3cc(-c4c(Cl)c(N)cc(F)c4Cl)c4ccoc4c23)C[C@@H]1CC#N. The van der Waals surface area contributed by atoms with Gasteiger partial charge in [0, 0.05) is 36.6 Å². The molecule has 4 aromatic rings. The van der Waals surface area contributed by atoms with Crippen LogP contribution < -0.4 is 15.4 Å². The molecule has 2 fully saturated rings. The summed E-state index contributed by atoms with van der Waals surface area (Å²) >= 11 is 13.1. The van der Waals surface area contributed by atoms with E-state index in [0.29, 0.717) is 59.5 Å². The summed E-state index contributed by atoms with van der Waals surface area (Å²) in [5.74, 6) is -0.409. The van der Waals surface area contributed by atoms with Crippen LogP contribution in [0.4, 0.5) is 15.9 Å². The number of piperazine rings is 1. The molecule has 2 saturated heterocycles. The molecule has 2 atom stereocenters. The molecule has 6 rings (SSSR count). The lowest BCUT2D eigenvalue weighted by Gasteiger charge is -2.41. The summed E-state index contributed by atoms with van der Waals surface area (Å²) in [6.45, 7) is 6.13. The Morgan fingerprint density at radius 1 is 1.27 bits per heavy atom. The largest absolute Gasteiger partial charge is 0.463 e. The Labute approximate surface area is 263 Å². The Balaban J connectivity index is 1.53. The van der Waals surface area contributed by atoms with Crippen LogP contribution in [0, 0.1) is 17.1 Å². The maximum atomic E-state index is 14.8. The number of halogens is 3. The second kappa shape index (κ2) is 12.1. The number of fused-ring (bicyclic) bond motifs is 3. The lowest BCUT2D eigenvalue weighted by atomic mass is 9.98. The number of benzene rings is 2. The number of likely N-dealkylation sites (N-methyl/N-ethyl adjacent to an activating group) is 1. The first-order valence-corrected chi connectivity index (χ1v) is 15.0. The smallest absolute Gasteiger partial charge is 0.319 e. The van der Waals surface area contributed by atoms with Crippen molar-refractivity contribution in [3.05, 3.63) is 53.0 Å². The standard InChI is InChI=1S/C31H30Cl2FN7O3/c1-3-24(42)41-11-10-40(15-17(41)6-8-35)30-26-23(37-31(38-30)44-16-18-5-4-9-39(18)2)13-20(19-7-12-43-29(19)26)25-27(32)21(34)14-22(36)28(25)33/h3,7,12-14,17-18H,1,4-6,9-11,15-16,36H2,2H3/t17-,18-/m0/s1. The number of carbonyl (C=O) groups is 1. The Kier molecular flexibility index (Phi) is 8.24. The van der Waals surface area contributed by atoms with Gasteiger partial charge in [0.1, 0.15) is 23.8 Å². The maximum absolute atomic E-state index is 14.8. The van der Waals surface area contributed by atoms with Gasteiger partial charge in [-0.3, -0.25) is 4.79 Å². The maximum Gasteiger partial charge on any atom is 0.319 e. The molecule has 4 heterocycles. The number of hydrogen-bond acceptors (Lipinski definition) is 9. The van der Waals surface area contributed by atoms with Crippen LogP contribution >= 0.6 is 23.2 Å². The van der Waals surface area contributed by atoms with Crippen LogP contribution in [0.3, 0.4) is 0 Å². The quantitative estimate of drug-likeness (QED) is 0.155. The molecule has 2 aromatic carbocycles. The van der Waals surface area contributed by atoms with Gasteiger partial charge in [-0.25, -0.2) is 4.39 Å². The second-order valence-corrected chi connectivity index (χ2v) is 11.8. The number of nitrogen functional groups attached to an aromatic ring is 1. The topological polar surface area (TPSA) is 125 Å². The number of likely N-dealkylation sites (tertiary alicyclic amines) is 1. The van der Waals surface area contributed by atoms with Crippen molar-refractivity contribution in [1.82, 2.24) is 19.8 Å². The van der Waals surface area contributed by atoms with Gasteiger partial charge in [0.15, 0.2) is 0 Å². The molecule has 0 spiro atoms. The fourth-order valence-electron chi connectivity index (χ4n) is 6.15. The molecule has 228 valence electrons. The normalized spacial score (nSPS) is 19.1. The summed E-state index contributed by atoms with van der Waals surface area (Å²) in [5, 5.41) is 10.7. The van der Waals surface area contributed by atoms with Crippen molar-refractivity contribution in [1.29, 1.82) is 5.26 Å². The number of aromatic nitrogens is 2. The molecule has 44 heavy (non-hydrogen) atoms. The van der Waals surface area contributed by atoms with Crippen molar-refractivity contribution in [2.75, 3.05) is 50.5 Å². The van der Waals surface area contributed by atoms with Crippen molar-refractivity contribution < 1.29 is 18.3 Å². The second-order valence-electron chi connectivity index (χ2n) is 11.0. The van der Waals surface area contributed by atoms with E-state index in [1.54, 1.807) is 17.0 Å². The molecule has 2 aromatic heterocycles. The third kappa shape index (κ3) is 5.27. The molecule has 2 aliphatic rings. The zero-order valence-corrected chi connectivity index (χ0v) is 25.5. The Morgan fingerprint density at radius 2 is 2.09 bits per heavy atom. The van der Waals surface area contributed by atoms with E-state index in [-0.39, 0.29) is 51.7 Å². The van der Waals surface area contributed by atoms with Gasteiger partial charge in [-0.15, -0.1) is 0 Å². The molecule has 2 N–H and O–H groups in total. The number of nitriles is 1. The van der Waals surface area contributed by atoms with Gasteiger partial charge in [0.05, 0.1) is 51.4 Å². The van der Waals surface area contributed by atoms with E-state index < -0.39 is 5.82 Å². The van der Waals surface area contributed by atoms with Crippen molar-refractivity contribution in [3.8, 4) is 23.2 Å². The van der Waals surface area contributed by atoms with Gasteiger partial charge in [-0.1, -0.05) is 29.8 Å². The minimum absolute atomic E-state index is 0.0452. The number of ether oxygens (including phenoxy) is 1. The highest BCUT2D eigenvalue weighted by molar-refractivity contribution is 6.41. The third-order valence-electron chi connectivity index (χ3n) is 8.46. The number of anilines is 2. The summed E-state index contributed by atoms with van der Waals surface area (Å²) in [4.78, 5) is 28.1. The Bertz CT molecular complexity index is 1800. The van der Waals surface area contributed by atoms with Crippen molar-refractivity contribution in [2.45, 2.75) is 31.3 Å². The fraction of sp³-hybridized carbons (Fsp3) is 0.355. The molecule has 2 aliphatic heterocycles. The lowest BCUT2D eigenvalue weighted by molar-refractivity contribution is -0.128. The first-order valence-electron chi connectivity index (χ1n) is 14.2. The highest BCUT2D eigenvalue weighted by atomic mass is 35.5. The molecule has 0 radical (unpaired) electrons. The van der Waals surface area contributed by atoms with Crippen LogP contribution in [-0.2, 0) is 4.79 Å². The first kappa shape index (κ1) is 29.9. The number of carbonyl (C=O) groups excluding carboxylic acids is 1. The monoisotopic (exact) mass is 637 g/mol. The zero-order valence-electron chi connectivity index (χ0n) is 24.0. The summed E-state index contributed by atoms with van der Waals surface area (Å²) in [7, 11) is 2.06. The number of furan rings is 1. The Morgan fingerprint density at radius 3 is 2.82 bits per heavy atom. The molecule has 0 unspecified atom stereocenters. The molecule has 1 amide bonds. The number of rotatable bonds is 7. The van der Waals surface area contributed by atoms with Gasteiger partial charge >= 0.3 is 6.01 Å². The van der Waals surface area contributed by atoms with E-state index in [9.17, 15) is 14.4 Å². The number of nitrogens with two attached hydrogens (primary N) is 1. The van der Waals surface area contributed by atoms with Crippen molar-refractivity contribution in [3.63, 3.8) is 0 Å². The van der Waals surface area contributed by atoms with Crippen LogP contribution in [0.5, 0.6) is 6.01 Å². The van der Waals surface area contributed by atoms with Crippen LogP contribution in [0.15, 0.2) is 41.5 Å². The first-order chi connectivity index (χ1) is 21.2. The molecule has 0 bridgehead atoms. The highest BCUT2D eigenvalue weighted by Crippen LogP contribution is 2.46. The fourth-order valence-corrected chi connectivity index (χ4v) is 6.70. The van der Waals surface area contributed by atoms with E-state index in [1.165, 1.54) is 12.3 Å². The molecule has 10 nitrogen and oxygen atoms in total. The summed E-state index contributed by atoms with van der Waals surface area (Å²) < 4.78 is 27.0. The van der Waals surface area contributed by atoms with Gasteiger partial charge in [0.2, 0.25) is 5.91 Å². The van der Waals surface area contributed by atoms with E-state index in [2.05, 4.69) is 24.6 Å². The van der Waals surface area contributed by atoms with Gasteiger partial charge in [-0.2, -0.15) is 15.2 Å². The lowest BCUT2D eigenvalue weighted by Crippen LogP contribution is -2.55. The average Bonchev–Trinajstić information content (AvgIpc) is 3.67. The van der Waals surface area contributed by atoms with Gasteiger partial charge in [-0.05, 0) is 56.3 Å². The highest BCUT2D eigenvalue weighted by Gasteiger charge is 2.33. The van der Waals surface area contributed by atoms with Crippen LogP contribution in [-0.4, -0.2) is 77.6 Å². The van der Waals surface area contributed by atoms with E-state index in [4.69, 9.17) is 48.1 Å². The van der Waals surface area contributed by atoms with Gasteiger partial charge in [0.25, 0.3) is 0 Å². The molecule has 13 heteroatoms. The predicted octanol–water partition coefficient (Wildman–Crippen LogP) is 5.66. The summed E-state index contributed by atoms with van der Waals surface area (Å²) in [6.07, 6.45) is 4.99. The molecular formula is C31H30Cl2FN7O3. The summed E-state index contributed by atoms with van der Waals surface area (Å²) in [6, 6.07) is 6.76. The molecular weight excluding hydrogens is 608 g/mol. The van der Waals surface area contributed by atoms with Crippen molar-refractivity contribution in [2.24, 2.45) is 0 Å². The minimum Gasteiger partial charge on any atom is -0.463 e. The zero-order chi connectivity index (χ0) is 31.1. The predicted molar refractivity (Wildman–Crippen MR) is 168 cm³/mol. The number of amides is 1. The van der Waals surface area contributed by atoms with Gasteiger partial charge < -0.3 is 29.6 Å². The summed E-state index contributed by atoms with van der Waals surface area (Å²) in [5.41, 5.74) is 7.67. The number of nitrogens with zero attached hydrogens (tertiary/aromatic N) is 6. The molecule has 0 saturated carbocycles. The van der Waals surface area contributed by atoms with Crippen LogP contribution in [0.1, 0.15) is 19.3 Å². The van der Waals surface area contributed by atoms with Crippen LogP contribution in [0.25, 0.3) is 33.0 Å². The molecule has 0 aliphatic carbocycles. The number of hydrogen-bond donors (Lipinski definition) is 1. The van der Waals surface area contributed by atoms with E-state index >= 15 is 0 Å². The Hall–Kier alpha value is -4.11. The van der Waals surface area contributed by atoms with Crippen LogP contribution in [0.2, 0.25) is 10.0 Å². The minimum atomic E-state index is -0.705. The van der Waals surface area contributed by atoms with E-state index in [0.717, 1.165) is 25.5 Å². The average molecular weight is 639 g/mol. The third-order valence-corrected chi connectivity index (χ3v) is 9.23. The van der Waals surface area contributed by atoms with Crippen molar-refractivity contribution >= 4 is 62.5 Å².